The van der Waals surface area contributed by atoms with E-state index < -0.39 is 28.8 Å². The largest absolute Gasteiger partial charge is 0.381 e. The molecule has 0 aliphatic rings. The molecule has 2 aromatic heterocycles. The number of benzene rings is 2. The molecule has 1 N–H and O–H groups in total. The first-order valence-electron chi connectivity index (χ1n) is 8.84. The van der Waals surface area contributed by atoms with Crippen molar-refractivity contribution in [2.75, 3.05) is 0 Å². The van der Waals surface area contributed by atoms with Gasteiger partial charge in [0.15, 0.2) is 0 Å². The maximum atomic E-state index is 14.7. The van der Waals surface area contributed by atoms with Gasteiger partial charge in [-0.3, -0.25) is 4.79 Å². The van der Waals surface area contributed by atoms with Crippen LogP contribution in [-0.2, 0) is 12.1 Å². The van der Waals surface area contributed by atoms with Gasteiger partial charge in [-0.15, -0.1) is 5.10 Å². The quantitative estimate of drug-likeness (QED) is 0.475. The van der Waals surface area contributed by atoms with Crippen molar-refractivity contribution >= 4 is 26.8 Å². The van der Waals surface area contributed by atoms with E-state index in [1.54, 1.807) is 18.2 Å². The van der Waals surface area contributed by atoms with E-state index >= 15 is 0 Å². The van der Waals surface area contributed by atoms with Gasteiger partial charge in [-0.2, -0.15) is 5.10 Å². The predicted molar refractivity (Wildman–Crippen MR) is 106 cm³/mol. The Hall–Kier alpha value is -3.05. The molecule has 11 heteroatoms. The third-order valence-electron chi connectivity index (χ3n) is 4.97. The fraction of sp³-hybridized carbons (Fsp3) is 0.211. The van der Waals surface area contributed by atoms with Gasteiger partial charge in [-0.05, 0) is 31.2 Å². The van der Waals surface area contributed by atoms with Crippen LogP contribution >= 0.6 is 15.9 Å². The molecular formula is C19H15BrF2N6O2. The van der Waals surface area contributed by atoms with Crippen LogP contribution in [0.3, 0.4) is 0 Å². The van der Waals surface area contributed by atoms with Crippen LogP contribution in [0.4, 0.5) is 8.78 Å². The summed E-state index contributed by atoms with van der Waals surface area (Å²) in [5.41, 5.74) is -2.38. The molecule has 154 valence electrons. The Morgan fingerprint density at radius 2 is 2.03 bits per heavy atom. The Bertz CT molecular complexity index is 1280. The van der Waals surface area contributed by atoms with E-state index in [2.05, 4.69) is 36.3 Å². The van der Waals surface area contributed by atoms with Gasteiger partial charge in [0.05, 0.1) is 18.0 Å². The molecule has 0 spiro atoms. The number of rotatable bonds is 5. The lowest BCUT2D eigenvalue weighted by atomic mass is 9.86. The molecule has 0 radical (unpaired) electrons. The second-order valence-corrected chi connectivity index (χ2v) is 7.73. The van der Waals surface area contributed by atoms with Crippen molar-refractivity contribution < 1.29 is 13.9 Å². The molecule has 8 nitrogen and oxygen atoms in total. The van der Waals surface area contributed by atoms with Gasteiger partial charge >= 0.3 is 0 Å². The molecule has 4 aromatic rings. The Balaban J connectivity index is 1.88. The van der Waals surface area contributed by atoms with E-state index in [4.69, 9.17) is 0 Å². The number of hydrogen-bond acceptors (Lipinski definition) is 6. The Kier molecular flexibility index (Phi) is 5.16. The maximum absolute atomic E-state index is 14.7. The van der Waals surface area contributed by atoms with Gasteiger partial charge in [0.2, 0.25) is 0 Å². The summed E-state index contributed by atoms with van der Waals surface area (Å²) < 4.78 is 31.1. The fourth-order valence-electron chi connectivity index (χ4n) is 3.33. The summed E-state index contributed by atoms with van der Waals surface area (Å²) in [7, 11) is 0. The number of aromatic nitrogens is 6. The normalized spacial score (nSPS) is 14.6. The third-order valence-corrected chi connectivity index (χ3v) is 5.47. The highest BCUT2D eigenvalue weighted by atomic mass is 79.9. The first-order chi connectivity index (χ1) is 14.3. The van der Waals surface area contributed by atoms with Crippen LogP contribution in [-0.4, -0.2) is 34.9 Å². The highest BCUT2D eigenvalue weighted by Gasteiger charge is 2.41. The van der Waals surface area contributed by atoms with Crippen molar-refractivity contribution in [1.82, 2.24) is 29.8 Å². The first-order valence-corrected chi connectivity index (χ1v) is 9.64. The van der Waals surface area contributed by atoms with Crippen LogP contribution in [0.15, 0.2) is 58.3 Å². The number of halogens is 3. The lowest BCUT2D eigenvalue weighted by Crippen LogP contribution is -2.44. The molecular weight excluding hydrogens is 462 g/mol. The van der Waals surface area contributed by atoms with E-state index in [9.17, 15) is 18.7 Å². The second kappa shape index (κ2) is 7.65. The smallest absolute Gasteiger partial charge is 0.277 e. The molecule has 0 fully saturated rings. The fourth-order valence-corrected chi connectivity index (χ4v) is 3.68. The van der Waals surface area contributed by atoms with Crippen molar-refractivity contribution in [3.63, 3.8) is 0 Å². The minimum absolute atomic E-state index is 0.212. The van der Waals surface area contributed by atoms with E-state index in [0.717, 1.165) is 21.3 Å². The van der Waals surface area contributed by atoms with Gasteiger partial charge < -0.3 is 5.11 Å². The summed E-state index contributed by atoms with van der Waals surface area (Å²) in [4.78, 5) is 16.9. The molecule has 2 aromatic carbocycles. The second-order valence-electron chi connectivity index (χ2n) is 6.82. The highest BCUT2D eigenvalue weighted by Crippen LogP contribution is 2.35. The Morgan fingerprint density at radius 1 is 1.23 bits per heavy atom. The van der Waals surface area contributed by atoms with E-state index in [1.807, 2.05) is 0 Å². The van der Waals surface area contributed by atoms with Crippen molar-refractivity contribution in [2.45, 2.75) is 25.1 Å². The predicted octanol–water partition coefficient (Wildman–Crippen LogP) is 2.57. The van der Waals surface area contributed by atoms with Gasteiger partial charge in [-0.1, -0.05) is 27.2 Å². The van der Waals surface area contributed by atoms with E-state index in [0.29, 0.717) is 11.6 Å². The third kappa shape index (κ3) is 3.50. The van der Waals surface area contributed by atoms with Crippen LogP contribution < -0.4 is 5.56 Å². The molecule has 0 aliphatic heterocycles. The molecule has 0 saturated carbocycles. The SMILES string of the molecule is CC(n1nnc2cc(Br)ccc2c1=O)C(O)(Cn1cncn1)c1ccc(F)cc1F. The average molecular weight is 477 g/mol. The summed E-state index contributed by atoms with van der Waals surface area (Å²) in [6.07, 6.45) is 2.59. The molecule has 4 rings (SSSR count). The van der Waals surface area contributed by atoms with Crippen molar-refractivity contribution in [3.05, 3.63) is 81.1 Å². The lowest BCUT2D eigenvalue weighted by molar-refractivity contribution is -0.0390. The number of aliphatic hydroxyl groups is 1. The minimum atomic E-state index is -2.02. The topological polar surface area (TPSA) is 98.7 Å². The van der Waals surface area contributed by atoms with Crippen LogP contribution in [0, 0.1) is 11.6 Å². The molecule has 0 aliphatic carbocycles. The molecule has 30 heavy (non-hydrogen) atoms. The van der Waals surface area contributed by atoms with Crippen LogP contribution in [0.2, 0.25) is 0 Å². The van der Waals surface area contributed by atoms with Crippen molar-refractivity contribution in [2.24, 2.45) is 0 Å². The zero-order chi connectivity index (χ0) is 21.5. The molecule has 0 amide bonds. The lowest BCUT2D eigenvalue weighted by Gasteiger charge is -2.34. The number of nitrogens with zero attached hydrogens (tertiary/aromatic N) is 6. The first kappa shape index (κ1) is 20.2. The van der Waals surface area contributed by atoms with E-state index in [-0.39, 0.29) is 17.5 Å². The zero-order valence-electron chi connectivity index (χ0n) is 15.6. The standard InChI is InChI=1S/C19H15BrF2N6O2/c1-11(28-18(29)14-4-2-12(20)6-17(14)25-26-28)19(30,8-27-10-23-9-24-27)15-5-3-13(21)7-16(15)22/h2-7,9-11,30H,8H2,1H3. The van der Waals surface area contributed by atoms with Crippen LogP contribution in [0.1, 0.15) is 18.5 Å². The highest BCUT2D eigenvalue weighted by molar-refractivity contribution is 9.10. The van der Waals surface area contributed by atoms with Crippen LogP contribution in [0.5, 0.6) is 0 Å². The number of fused-ring (bicyclic) bond motifs is 1. The summed E-state index contributed by atoms with van der Waals surface area (Å²) in [6, 6.07) is 6.64. The van der Waals surface area contributed by atoms with Gasteiger partial charge in [-0.25, -0.2) is 23.1 Å². The Morgan fingerprint density at radius 3 is 2.73 bits per heavy atom. The number of hydrogen-bond donors (Lipinski definition) is 1. The van der Waals surface area contributed by atoms with Gasteiger partial charge in [0, 0.05) is 16.1 Å². The summed E-state index contributed by atoms with van der Waals surface area (Å²) >= 11 is 3.31. The van der Waals surface area contributed by atoms with Gasteiger partial charge in [0.25, 0.3) is 5.56 Å². The molecule has 2 unspecified atom stereocenters. The zero-order valence-corrected chi connectivity index (χ0v) is 17.2. The molecule has 0 bridgehead atoms. The van der Waals surface area contributed by atoms with Crippen molar-refractivity contribution in [3.8, 4) is 0 Å². The molecule has 0 saturated heterocycles. The monoisotopic (exact) mass is 476 g/mol. The average Bonchev–Trinajstić information content (AvgIpc) is 3.20. The van der Waals surface area contributed by atoms with Crippen molar-refractivity contribution in [1.29, 1.82) is 0 Å². The van der Waals surface area contributed by atoms with E-state index in [1.165, 1.54) is 24.3 Å². The molecule has 2 heterocycles. The van der Waals surface area contributed by atoms with Gasteiger partial charge in [0.1, 0.15) is 35.4 Å². The summed E-state index contributed by atoms with van der Waals surface area (Å²) in [6.45, 7) is 1.24. The van der Waals surface area contributed by atoms with Crippen LogP contribution in [0.25, 0.3) is 10.9 Å². The maximum Gasteiger partial charge on any atom is 0.277 e. The Labute approximate surface area is 176 Å². The molecule has 2 atom stereocenters. The minimum Gasteiger partial charge on any atom is -0.381 e. The summed E-state index contributed by atoms with van der Waals surface area (Å²) in [5, 5.41) is 23.8. The summed E-state index contributed by atoms with van der Waals surface area (Å²) in [5.74, 6) is -1.75.